The Labute approximate surface area is 204 Å². The van der Waals surface area contributed by atoms with Gasteiger partial charge in [-0.15, -0.1) is 4.99 Å². The van der Waals surface area contributed by atoms with Crippen LogP contribution in [0.1, 0.15) is 52.0 Å². The van der Waals surface area contributed by atoms with Crippen molar-refractivity contribution in [3.63, 3.8) is 0 Å². The van der Waals surface area contributed by atoms with Crippen molar-refractivity contribution in [2.24, 2.45) is 10.7 Å². The third-order valence-electron chi connectivity index (χ3n) is 5.63. The second kappa shape index (κ2) is 11.2. The largest absolute Gasteiger partial charge is 0.444 e. The van der Waals surface area contributed by atoms with Gasteiger partial charge in [-0.25, -0.2) is 9.59 Å². The number of carbonyl (C=O) groups excluding carboxylic acids is 4. The molecule has 0 radical (unpaired) electrons. The van der Waals surface area contributed by atoms with Crippen LogP contribution in [0, 0.1) is 0 Å². The van der Waals surface area contributed by atoms with E-state index in [0.29, 0.717) is 32.2 Å². The van der Waals surface area contributed by atoms with Gasteiger partial charge in [0.15, 0.2) is 0 Å². The molecule has 0 spiro atoms. The average Bonchev–Trinajstić information content (AvgIpc) is 3.29. The van der Waals surface area contributed by atoms with E-state index in [1.54, 1.807) is 32.9 Å². The summed E-state index contributed by atoms with van der Waals surface area (Å²) < 4.78 is 10.5. The van der Waals surface area contributed by atoms with Crippen LogP contribution in [0.2, 0.25) is 0 Å². The number of hydrogen-bond acceptors (Lipinski definition) is 6. The maximum absolute atomic E-state index is 13.0. The van der Waals surface area contributed by atoms with Crippen molar-refractivity contribution in [3.8, 4) is 0 Å². The lowest BCUT2D eigenvalue weighted by Gasteiger charge is -2.33. The van der Waals surface area contributed by atoms with Crippen molar-refractivity contribution in [1.82, 2.24) is 15.1 Å². The number of piperidine rings is 1. The third kappa shape index (κ3) is 7.17. The number of carbonyl (C=O) groups is 4. The highest BCUT2D eigenvalue weighted by molar-refractivity contribution is 6.03. The molecule has 2 fully saturated rings. The zero-order valence-electron chi connectivity index (χ0n) is 20.4. The Balaban J connectivity index is 1.57. The smallest absolute Gasteiger partial charge is 0.437 e. The summed E-state index contributed by atoms with van der Waals surface area (Å²) in [6, 6.07) is 7.53. The summed E-state index contributed by atoms with van der Waals surface area (Å²) in [6.45, 7) is 5.97. The van der Waals surface area contributed by atoms with Crippen molar-refractivity contribution in [2.75, 3.05) is 13.1 Å². The second-order valence-corrected chi connectivity index (χ2v) is 9.54. The minimum Gasteiger partial charge on any atom is -0.444 e. The highest BCUT2D eigenvalue weighted by atomic mass is 16.6. The van der Waals surface area contributed by atoms with Crippen LogP contribution in [-0.4, -0.2) is 70.5 Å². The zero-order chi connectivity index (χ0) is 25.6. The Morgan fingerprint density at radius 1 is 1.11 bits per heavy atom. The molecule has 2 aliphatic heterocycles. The van der Waals surface area contributed by atoms with E-state index in [9.17, 15) is 19.2 Å². The fourth-order valence-corrected chi connectivity index (χ4v) is 3.99. The minimum absolute atomic E-state index is 0.0264. The maximum Gasteiger partial charge on any atom is 0.437 e. The topological polar surface area (TPSA) is 144 Å². The van der Waals surface area contributed by atoms with Crippen molar-refractivity contribution >= 4 is 30.0 Å². The molecule has 1 aromatic rings. The number of aliphatic imine (C=N–C) groups is 1. The van der Waals surface area contributed by atoms with Crippen LogP contribution in [0.25, 0.3) is 0 Å². The van der Waals surface area contributed by atoms with Crippen LogP contribution in [-0.2, 0) is 25.7 Å². The number of benzene rings is 1. The number of amides is 4. The third-order valence-corrected chi connectivity index (χ3v) is 5.63. The molecule has 0 aliphatic carbocycles. The number of nitrogens with one attached hydrogen (secondary N) is 1. The number of nitrogens with two attached hydrogens (primary N) is 1. The van der Waals surface area contributed by atoms with Gasteiger partial charge in [0.25, 0.3) is 5.91 Å². The number of rotatable bonds is 4. The lowest BCUT2D eigenvalue weighted by atomic mass is 10.0. The van der Waals surface area contributed by atoms with Crippen LogP contribution < -0.4 is 11.1 Å². The summed E-state index contributed by atoms with van der Waals surface area (Å²) in [5.41, 5.74) is 6.03. The molecule has 2 saturated heterocycles. The summed E-state index contributed by atoms with van der Waals surface area (Å²) in [5.74, 6) is -1.18. The monoisotopic (exact) mass is 487 g/mol. The van der Waals surface area contributed by atoms with Gasteiger partial charge in [-0.05, 0) is 52.0 Å². The number of hydrogen-bond donors (Lipinski definition) is 2. The van der Waals surface area contributed by atoms with E-state index in [1.165, 1.54) is 9.80 Å². The first-order chi connectivity index (χ1) is 16.5. The molecule has 0 unspecified atom stereocenters. The quantitative estimate of drug-likeness (QED) is 0.489. The molecule has 4 amide bonds. The normalized spacial score (nSPS) is 21.0. The first-order valence-electron chi connectivity index (χ1n) is 11.7. The fraction of sp³-hybridized carbons (Fsp3) is 0.542. The van der Waals surface area contributed by atoms with Gasteiger partial charge in [-0.3, -0.25) is 19.4 Å². The molecule has 3 N–H and O–H groups in total. The Bertz CT molecular complexity index is 974. The molecule has 35 heavy (non-hydrogen) atoms. The lowest BCUT2D eigenvalue weighted by Crippen LogP contribution is -2.58. The Morgan fingerprint density at radius 2 is 1.80 bits per heavy atom. The van der Waals surface area contributed by atoms with Gasteiger partial charge < -0.3 is 20.5 Å². The van der Waals surface area contributed by atoms with Gasteiger partial charge in [0.2, 0.25) is 11.9 Å². The molecular weight excluding hydrogens is 454 g/mol. The van der Waals surface area contributed by atoms with E-state index in [0.717, 1.165) is 5.56 Å². The summed E-state index contributed by atoms with van der Waals surface area (Å²) in [4.78, 5) is 56.7. The van der Waals surface area contributed by atoms with Crippen LogP contribution >= 0.6 is 0 Å². The molecule has 0 bridgehead atoms. The standard InChI is InChI=1S/C24H33N5O6/c1-24(2,3)35-23(33)28-13-8-12-18(28)19(30)26-17-11-7-14-29(20(17)31)21(25)27-22(32)34-15-16-9-5-4-6-10-16/h4-6,9-10,17-18H,7-8,11-15H2,1-3H3,(H,26,30)(H2,25,27,32)/t17-,18-/m0/s1. The van der Waals surface area contributed by atoms with Gasteiger partial charge in [0.1, 0.15) is 24.3 Å². The van der Waals surface area contributed by atoms with Crippen LogP contribution in [0.15, 0.2) is 35.3 Å². The van der Waals surface area contributed by atoms with E-state index >= 15 is 0 Å². The van der Waals surface area contributed by atoms with Gasteiger partial charge in [-0.2, -0.15) is 0 Å². The average molecular weight is 488 g/mol. The summed E-state index contributed by atoms with van der Waals surface area (Å²) in [6.07, 6.45) is 0.624. The summed E-state index contributed by atoms with van der Waals surface area (Å²) in [7, 11) is 0. The first kappa shape index (κ1) is 26.0. The summed E-state index contributed by atoms with van der Waals surface area (Å²) >= 11 is 0. The lowest BCUT2D eigenvalue weighted by molar-refractivity contribution is -0.136. The van der Waals surface area contributed by atoms with Crippen LogP contribution in [0.3, 0.4) is 0 Å². The molecule has 0 aromatic heterocycles. The maximum atomic E-state index is 13.0. The minimum atomic E-state index is -0.913. The van der Waals surface area contributed by atoms with Gasteiger partial charge in [0, 0.05) is 13.1 Å². The number of ether oxygens (including phenoxy) is 2. The van der Waals surface area contributed by atoms with Crippen molar-refractivity contribution in [2.45, 2.75) is 70.7 Å². The van der Waals surface area contributed by atoms with Gasteiger partial charge >= 0.3 is 12.2 Å². The molecule has 2 aliphatic rings. The molecular formula is C24H33N5O6. The molecule has 2 heterocycles. The number of guanidine groups is 1. The highest BCUT2D eigenvalue weighted by Crippen LogP contribution is 2.22. The van der Waals surface area contributed by atoms with E-state index < -0.39 is 41.7 Å². The number of nitrogens with zero attached hydrogens (tertiary/aromatic N) is 3. The molecule has 3 rings (SSSR count). The number of likely N-dealkylation sites (tertiary alicyclic amines) is 2. The second-order valence-electron chi connectivity index (χ2n) is 9.54. The van der Waals surface area contributed by atoms with Crippen LogP contribution in [0.4, 0.5) is 9.59 Å². The zero-order valence-corrected chi connectivity index (χ0v) is 20.4. The van der Waals surface area contributed by atoms with Gasteiger partial charge in [0.05, 0.1) is 0 Å². The Hall–Kier alpha value is -3.63. The highest BCUT2D eigenvalue weighted by Gasteiger charge is 2.39. The fourth-order valence-electron chi connectivity index (χ4n) is 3.99. The van der Waals surface area contributed by atoms with Gasteiger partial charge in [-0.1, -0.05) is 30.3 Å². The molecule has 11 nitrogen and oxygen atoms in total. The molecule has 1 aromatic carbocycles. The molecule has 2 atom stereocenters. The van der Waals surface area contributed by atoms with E-state index in [1.807, 2.05) is 18.2 Å². The Morgan fingerprint density at radius 3 is 2.49 bits per heavy atom. The van der Waals surface area contributed by atoms with Crippen LogP contribution in [0.5, 0.6) is 0 Å². The Kier molecular flexibility index (Phi) is 8.31. The first-order valence-corrected chi connectivity index (χ1v) is 11.7. The van der Waals surface area contributed by atoms with Crippen molar-refractivity contribution in [1.29, 1.82) is 0 Å². The van der Waals surface area contributed by atoms with E-state index in [4.69, 9.17) is 15.2 Å². The van der Waals surface area contributed by atoms with Crippen molar-refractivity contribution < 1.29 is 28.7 Å². The predicted octanol–water partition coefficient (Wildman–Crippen LogP) is 2.14. The molecule has 0 saturated carbocycles. The van der Waals surface area contributed by atoms with E-state index in [2.05, 4.69) is 10.3 Å². The SMILES string of the molecule is CC(C)(C)OC(=O)N1CCC[C@H]1C(=O)N[C@H]1CCCN(/C(N)=N/C(=O)OCc2ccccc2)C1=O. The molecule has 11 heteroatoms. The molecule has 190 valence electrons. The van der Waals surface area contributed by atoms with Crippen molar-refractivity contribution in [3.05, 3.63) is 35.9 Å². The van der Waals surface area contributed by atoms with E-state index in [-0.39, 0.29) is 19.1 Å². The summed E-state index contributed by atoms with van der Waals surface area (Å²) in [5, 5.41) is 2.74. The predicted molar refractivity (Wildman–Crippen MR) is 127 cm³/mol.